The van der Waals surface area contributed by atoms with Crippen LogP contribution in [0.1, 0.15) is 0 Å². The summed E-state index contributed by atoms with van der Waals surface area (Å²) >= 11 is 0. The zero-order chi connectivity index (χ0) is 11.9. The number of benzene rings is 1. The van der Waals surface area contributed by atoms with Gasteiger partial charge in [-0.1, -0.05) is 18.2 Å². The molecule has 0 aliphatic heterocycles. The second-order valence-electron chi connectivity index (χ2n) is 4.10. The van der Waals surface area contributed by atoms with Crippen molar-refractivity contribution in [1.82, 2.24) is 19.9 Å². The second-order valence-corrected chi connectivity index (χ2v) is 4.10. The maximum atomic E-state index is 4.57. The van der Waals surface area contributed by atoms with Gasteiger partial charge in [-0.3, -0.25) is 9.97 Å². The van der Waals surface area contributed by atoms with Crippen molar-refractivity contribution < 1.29 is 0 Å². The fraction of sp³-hybridized carbons (Fsp3) is 0. The zero-order valence-corrected chi connectivity index (χ0v) is 9.41. The van der Waals surface area contributed by atoms with Crippen molar-refractivity contribution >= 4 is 33.0 Å². The van der Waals surface area contributed by atoms with Crippen molar-refractivity contribution in [2.24, 2.45) is 0 Å². The van der Waals surface area contributed by atoms with Crippen LogP contribution in [0.2, 0.25) is 0 Å². The lowest BCUT2D eigenvalue weighted by Crippen LogP contribution is -1.90. The van der Waals surface area contributed by atoms with E-state index in [0.29, 0.717) is 5.65 Å². The molecule has 1 aromatic carbocycles. The molecule has 0 aliphatic rings. The molecule has 0 radical (unpaired) electrons. The molecule has 4 nitrogen and oxygen atoms in total. The molecule has 0 spiro atoms. The van der Waals surface area contributed by atoms with E-state index in [-0.39, 0.29) is 0 Å². The van der Waals surface area contributed by atoms with Gasteiger partial charge in [0.25, 0.3) is 0 Å². The average molecular weight is 232 g/mol. The third-order valence-corrected chi connectivity index (χ3v) is 3.00. The van der Waals surface area contributed by atoms with Gasteiger partial charge in [0.05, 0.1) is 11.0 Å². The molecule has 3 heterocycles. The maximum Gasteiger partial charge on any atom is 0.178 e. The Morgan fingerprint density at radius 1 is 0.722 bits per heavy atom. The molecule has 0 N–H and O–H groups in total. The Morgan fingerprint density at radius 2 is 1.61 bits per heavy atom. The summed E-state index contributed by atoms with van der Waals surface area (Å²) in [6.45, 7) is 0. The number of fused-ring (bicyclic) bond motifs is 4. The first-order valence-electron chi connectivity index (χ1n) is 5.67. The second kappa shape index (κ2) is 3.43. The van der Waals surface area contributed by atoms with Crippen molar-refractivity contribution in [3.63, 3.8) is 0 Å². The van der Waals surface area contributed by atoms with Gasteiger partial charge >= 0.3 is 0 Å². The number of hydrogen-bond acceptors (Lipinski definition) is 4. The Kier molecular flexibility index (Phi) is 1.80. The van der Waals surface area contributed by atoms with Crippen LogP contribution in [0.15, 0.2) is 48.9 Å². The van der Waals surface area contributed by atoms with Crippen molar-refractivity contribution in [2.45, 2.75) is 0 Å². The minimum Gasteiger partial charge on any atom is -0.254 e. The summed E-state index contributed by atoms with van der Waals surface area (Å²) in [6, 6.07) is 10.0. The van der Waals surface area contributed by atoms with Gasteiger partial charge in [0.2, 0.25) is 0 Å². The monoisotopic (exact) mass is 232 g/mol. The van der Waals surface area contributed by atoms with E-state index in [1.54, 1.807) is 18.6 Å². The van der Waals surface area contributed by atoms with Crippen molar-refractivity contribution in [3.8, 4) is 0 Å². The van der Waals surface area contributed by atoms with E-state index in [1.165, 1.54) is 0 Å². The fourth-order valence-corrected chi connectivity index (χ4v) is 2.16. The van der Waals surface area contributed by atoms with Gasteiger partial charge in [0.15, 0.2) is 5.65 Å². The molecule has 0 aliphatic carbocycles. The third kappa shape index (κ3) is 1.26. The van der Waals surface area contributed by atoms with Crippen LogP contribution in [0.4, 0.5) is 0 Å². The van der Waals surface area contributed by atoms with Crippen LogP contribution in [0.3, 0.4) is 0 Å². The van der Waals surface area contributed by atoms with Gasteiger partial charge in [-0.05, 0) is 12.1 Å². The van der Waals surface area contributed by atoms with Crippen LogP contribution in [0, 0.1) is 0 Å². The van der Waals surface area contributed by atoms with E-state index in [2.05, 4.69) is 26.0 Å². The van der Waals surface area contributed by atoms with E-state index in [9.17, 15) is 0 Å². The summed E-state index contributed by atoms with van der Waals surface area (Å²) in [5, 5.41) is 2.12. The molecule has 3 aromatic heterocycles. The first-order chi connectivity index (χ1) is 8.92. The van der Waals surface area contributed by atoms with Gasteiger partial charge in [-0.15, -0.1) is 0 Å². The molecule has 0 saturated heterocycles. The van der Waals surface area contributed by atoms with E-state index in [1.807, 2.05) is 24.3 Å². The summed E-state index contributed by atoms with van der Waals surface area (Å²) in [4.78, 5) is 17.5. The minimum absolute atomic E-state index is 0.656. The molecular weight excluding hydrogens is 224 g/mol. The molecule has 4 aromatic rings. The quantitative estimate of drug-likeness (QED) is 0.345. The van der Waals surface area contributed by atoms with Crippen LogP contribution in [0.25, 0.3) is 33.0 Å². The molecular formula is C14H8N4. The Balaban J connectivity index is 2.27. The summed E-state index contributed by atoms with van der Waals surface area (Å²) < 4.78 is 0. The van der Waals surface area contributed by atoms with E-state index < -0.39 is 0 Å². The van der Waals surface area contributed by atoms with E-state index in [0.717, 1.165) is 27.3 Å². The van der Waals surface area contributed by atoms with Crippen LogP contribution in [0.5, 0.6) is 0 Å². The molecule has 0 unspecified atom stereocenters. The zero-order valence-electron chi connectivity index (χ0n) is 9.41. The maximum absolute atomic E-state index is 4.57. The summed E-state index contributed by atoms with van der Waals surface area (Å²) in [5.41, 5.74) is 3.24. The molecule has 4 rings (SSSR count). The predicted octanol–water partition coefficient (Wildman–Crippen LogP) is 2.73. The number of hydrogen-bond donors (Lipinski definition) is 0. The summed E-state index contributed by atoms with van der Waals surface area (Å²) in [6.07, 6.45) is 5.11. The Bertz CT molecular complexity index is 880. The molecule has 0 amide bonds. The van der Waals surface area contributed by atoms with Gasteiger partial charge in [-0.2, -0.15) is 0 Å². The van der Waals surface area contributed by atoms with Crippen molar-refractivity contribution in [3.05, 3.63) is 48.9 Å². The Labute approximate surface area is 102 Å². The molecule has 0 bridgehead atoms. The van der Waals surface area contributed by atoms with Crippen LogP contribution < -0.4 is 0 Å². The normalized spacial score (nSPS) is 11.3. The largest absolute Gasteiger partial charge is 0.254 e. The fourth-order valence-electron chi connectivity index (χ4n) is 2.16. The van der Waals surface area contributed by atoms with Crippen LogP contribution in [-0.2, 0) is 0 Å². The first-order valence-corrected chi connectivity index (χ1v) is 5.67. The lowest BCUT2D eigenvalue weighted by molar-refractivity contribution is 1.25. The third-order valence-electron chi connectivity index (χ3n) is 3.00. The number of pyridine rings is 2. The first kappa shape index (κ1) is 9.41. The van der Waals surface area contributed by atoms with Gasteiger partial charge in [-0.25, -0.2) is 9.97 Å². The van der Waals surface area contributed by atoms with E-state index in [4.69, 9.17) is 0 Å². The van der Waals surface area contributed by atoms with Gasteiger partial charge in [0.1, 0.15) is 5.52 Å². The lowest BCUT2D eigenvalue weighted by Gasteiger charge is -2.03. The SMILES string of the molecule is c1cnc2c(c1)ccc1cc3nccnc3nc12. The Hall–Kier alpha value is -2.62. The highest BCUT2D eigenvalue weighted by atomic mass is 14.9. The summed E-state index contributed by atoms with van der Waals surface area (Å²) in [7, 11) is 0. The standard InChI is InChI=1S/C14H8N4/c1-2-9-3-4-10-8-11-14(17-7-6-15-11)18-13(10)12(9)16-5-1/h1-8H. The topological polar surface area (TPSA) is 51.6 Å². The summed E-state index contributed by atoms with van der Waals surface area (Å²) in [5.74, 6) is 0. The molecule has 0 saturated carbocycles. The van der Waals surface area contributed by atoms with Crippen molar-refractivity contribution in [2.75, 3.05) is 0 Å². The minimum atomic E-state index is 0.656. The van der Waals surface area contributed by atoms with Crippen molar-refractivity contribution in [1.29, 1.82) is 0 Å². The lowest BCUT2D eigenvalue weighted by atomic mass is 10.1. The highest BCUT2D eigenvalue weighted by molar-refractivity contribution is 6.05. The number of nitrogens with zero attached hydrogens (tertiary/aromatic N) is 4. The highest BCUT2D eigenvalue weighted by Crippen LogP contribution is 2.23. The predicted molar refractivity (Wildman–Crippen MR) is 70.1 cm³/mol. The van der Waals surface area contributed by atoms with E-state index >= 15 is 0 Å². The van der Waals surface area contributed by atoms with Crippen LogP contribution in [-0.4, -0.2) is 19.9 Å². The molecule has 18 heavy (non-hydrogen) atoms. The van der Waals surface area contributed by atoms with Gasteiger partial charge in [0, 0.05) is 29.4 Å². The Morgan fingerprint density at radius 3 is 2.61 bits per heavy atom. The molecule has 4 heteroatoms. The average Bonchev–Trinajstić information content (AvgIpc) is 2.45. The van der Waals surface area contributed by atoms with Crippen LogP contribution >= 0.6 is 0 Å². The number of rotatable bonds is 0. The molecule has 84 valence electrons. The molecule has 0 atom stereocenters. The van der Waals surface area contributed by atoms with Gasteiger partial charge < -0.3 is 0 Å². The number of aromatic nitrogens is 4. The smallest absolute Gasteiger partial charge is 0.178 e. The molecule has 0 fully saturated rings. The highest BCUT2D eigenvalue weighted by Gasteiger charge is 2.05.